The number of carbonyl (C=O) groups is 1. The molecule has 5 N–H and O–H groups in total. The lowest BCUT2D eigenvalue weighted by molar-refractivity contribution is -0.140. The highest BCUT2D eigenvalue weighted by molar-refractivity contribution is 6.34. The van der Waals surface area contributed by atoms with Gasteiger partial charge in [0.25, 0.3) is 0 Å². The van der Waals surface area contributed by atoms with E-state index in [1.165, 1.54) is 4.90 Å². The van der Waals surface area contributed by atoms with Crippen LogP contribution >= 0.6 is 23.2 Å². The second-order valence-corrected chi connectivity index (χ2v) is 14.6. The Hall–Kier alpha value is -2.84. The van der Waals surface area contributed by atoms with Gasteiger partial charge in [-0.1, -0.05) is 41.4 Å². The minimum absolute atomic E-state index is 0.185. The second-order valence-electron chi connectivity index (χ2n) is 13.7. The fourth-order valence-electron chi connectivity index (χ4n) is 6.27. The fraction of sp³-hybridized carbons (Fsp3) is 0.538. The van der Waals surface area contributed by atoms with Crippen LogP contribution in [0.5, 0.6) is 5.75 Å². The maximum atomic E-state index is 13.1. The number of carbonyl (C=O) groups excluding carboxylic acids is 1. The largest absolute Gasteiger partial charge is 0.490 e. The van der Waals surface area contributed by atoms with Crippen LogP contribution in [0.15, 0.2) is 54.9 Å². The molecule has 0 aliphatic heterocycles. The lowest BCUT2D eigenvalue weighted by Crippen LogP contribution is -2.50. The van der Waals surface area contributed by atoms with Crippen LogP contribution in [0.4, 0.5) is 0 Å². The van der Waals surface area contributed by atoms with Crippen LogP contribution in [-0.2, 0) is 32.9 Å². The molecule has 2 saturated carbocycles. The molecule has 0 saturated heterocycles. The van der Waals surface area contributed by atoms with Crippen LogP contribution in [0, 0.1) is 0 Å². The topological polar surface area (TPSA) is 162 Å². The van der Waals surface area contributed by atoms with Crippen LogP contribution in [0.25, 0.3) is 11.1 Å². The summed E-state index contributed by atoms with van der Waals surface area (Å²) in [4.78, 5) is 19.0. The Kier molecular flexibility index (Phi) is 14.7. The maximum absolute atomic E-state index is 13.1. The van der Waals surface area contributed by atoms with Gasteiger partial charge in [-0.15, -0.1) is 0 Å². The van der Waals surface area contributed by atoms with E-state index in [1.54, 1.807) is 13.3 Å². The van der Waals surface area contributed by atoms with Crippen LogP contribution in [-0.4, -0.2) is 105 Å². The van der Waals surface area contributed by atoms with Gasteiger partial charge in [0.15, 0.2) is 0 Å². The number of pyridine rings is 1. The summed E-state index contributed by atoms with van der Waals surface area (Å²) in [5.74, 6) is 0.634. The SMILES string of the molecule is COCCCN(C[C@H](O)[C@@H](O)[C@H](O)[C@H](O)CO)C(=O)CCCCc1cc(Cl)c(COC2(c3cnccc3-c3ccccc3OC3CC3)CC2)cc1Cl. The number of aliphatic hydroxyl groups is 5. The van der Waals surface area contributed by atoms with E-state index in [-0.39, 0.29) is 38.1 Å². The lowest BCUT2D eigenvalue weighted by atomic mass is 9.96. The number of unbranched alkanes of at least 4 members (excludes halogenated alkanes) is 1. The molecule has 13 heteroatoms. The minimum Gasteiger partial charge on any atom is -0.490 e. The standard InChI is InChI=1S/C39H50Cl2N2O9/c1-50-18-6-17-43(22-33(45)37(48)38(49)34(46)23-44)36(47)10-5-2-7-25-19-32(41)26(20-31(25)40)24-51-39(14-15-39)30-21-42-16-13-28(30)29-8-3-4-9-35(29)52-27-11-12-27/h3-4,8-9,13,16,19-21,27,33-34,37-38,44-46,48-49H,2,5-7,10-12,14-15,17-18,22-24H2,1H3/t33-,34+,37+,38+/m0/s1. The fourth-order valence-corrected chi connectivity index (χ4v) is 6.79. The first kappa shape index (κ1) is 40.3. The number of hydrogen-bond acceptors (Lipinski definition) is 10. The van der Waals surface area contributed by atoms with E-state index in [9.17, 15) is 25.2 Å². The predicted molar refractivity (Wildman–Crippen MR) is 197 cm³/mol. The molecule has 5 rings (SSSR count). The van der Waals surface area contributed by atoms with E-state index in [1.807, 2.05) is 42.6 Å². The minimum atomic E-state index is -1.77. The third kappa shape index (κ3) is 10.6. The first-order chi connectivity index (χ1) is 25.1. The van der Waals surface area contributed by atoms with Gasteiger partial charge < -0.3 is 44.6 Å². The number of rotatable bonds is 22. The van der Waals surface area contributed by atoms with E-state index in [4.69, 9.17) is 42.5 Å². The molecule has 11 nitrogen and oxygen atoms in total. The van der Waals surface area contributed by atoms with E-state index in [0.717, 1.165) is 59.3 Å². The van der Waals surface area contributed by atoms with Crippen molar-refractivity contribution in [2.24, 2.45) is 0 Å². The van der Waals surface area contributed by atoms with Crippen molar-refractivity contribution in [3.8, 4) is 16.9 Å². The Labute approximate surface area is 315 Å². The van der Waals surface area contributed by atoms with E-state index in [2.05, 4.69) is 11.1 Å². The molecule has 52 heavy (non-hydrogen) atoms. The molecule has 1 heterocycles. The molecule has 2 aromatic carbocycles. The summed E-state index contributed by atoms with van der Waals surface area (Å²) in [6, 6.07) is 13.8. The zero-order valence-corrected chi connectivity index (χ0v) is 31.0. The number of amides is 1. The highest BCUT2D eigenvalue weighted by Gasteiger charge is 2.48. The molecular weight excluding hydrogens is 711 g/mol. The molecule has 1 amide bonds. The van der Waals surface area contributed by atoms with Crippen molar-refractivity contribution in [2.45, 2.75) is 101 Å². The highest BCUT2D eigenvalue weighted by atomic mass is 35.5. The lowest BCUT2D eigenvalue weighted by Gasteiger charge is -2.30. The molecule has 0 radical (unpaired) electrons. The number of aryl methyl sites for hydroxylation is 1. The average molecular weight is 762 g/mol. The molecule has 2 aliphatic carbocycles. The normalized spacial score (nSPS) is 17.3. The predicted octanol–water partition coefficient (Wildman–Crippen LogP) is 4.82. The number of nitrogens with zero attached hydrogens (tertiary/aromatic N) is 2. The number of benzene rings is 2. The van der Waals surface area contributed by atoms with Crippen molar-refractivity contribution < 1.29 is 44.5 Å². The van der Waals surface area contributed by atoms with Gasteiger partial charge in [0, 0.05) is 66.8 Å². The van der Waals surface area contributed by atoms with Crippen LogP contribution in [0.2, 0.25) is 10.0 Å². The molecule has 0 unspecified atom stereocenters. The summed E-state index contributed by atoms with van der Waals surface area (Å²) in [7, 11) is 1.54. The summed E-state index contributed by atoms with van der Waals surface area (Å²) in [5, 5.41) is 50.5. The van der Waals surface area contributed by atoms with Gasteiger partial charge >= 0.3 is 0 Å². The van der Waals surface area contributed by atoms with Crippen molar-refractivity contribution in [2.75, 3.05) is 33.4 Å². The van der Waals surface area contributed by atoms with Crippen molar-refractivity contribution >= 4 is 29.1 Å². The first-order valence-corrected chi connectivity index (χ1v) is 18.7. The Balaban J connectivity index is 1.15. The summed E-state index contributed by atoms with van der Waals surface area (Å²) in [6.45, 7) is -0.101. The van der Waals surface area contributed by atoms with Crippen molar-refractivity contribution in [1.29, 1.82) is 0 Å². The summed E-state index contributed by atoms with van der Waals surface area (Å²) < 4.78 is 17.9. The number of para-hydroxylation sites is 1. The molecule has 3 aromatic rings. The highest BCUT2D eigenvalue weighted by Crippen LogP contribution is 2.53. The Morgan fingerprint density at radius 3 is 2.38 bits per heavy atom. The maximum Gasteiger partial charge on any atom is 0.222 e. The molecule has 0 bridgehead atoms. The monoisotopic (exact) mass is 760 g/mol. The quantitative estimate of drug-likeness (QED) is 0.0899. The zero-order chi connectivity index (χ0) is 37.3. The van der Waals surface area contributed by atoms with Gasteiger partial charge in [-0.05, 0) is 92.3 Å². The molecule has 1 aromatic heterocycles. The first-order valence-electron chi connectivity index (χ1n) is 18.0. The van der Waals surface area contributed by atoms with E-state index < -0.39 is 36.6 Å². The number of ether oxygens (including phenoxy) is 3. The summed E-state index contributed by atoms with van der Waals surface area (Å²) in [5.41, 5.74) is 4.26. The smallest absolute Gasteiger partial charge is 0.222 e. The number of methoxy groups -OCH3 is 1. The average Bonchev–Trinajstić information content (AvgIpc) is 4.10. The van der Waals surface area contributed by atoms with Gasteiger partial charge in [0.2, 0.25) is 5.91 Å². The van der Waals surface area contributed by atoms with Gasteiger partial charge in [0.05, 0.1) is 24.9 Å². The van der Waals surface area contributed by atoms with Gasteiger partial charge in [0.1, 0.15) is 30.2 Å². The third-order valence-electron chi connectivity index (χ3n) is 9.68. The van der Waals surface area contributed by atoms with Crippen molar-refractivity contribution in [3.05, 3.63) is 81.6 Å². The molecule has 2 aliphatic rings. The number of halogens is 2. The Morgan fingerprint density at radius 1 is 0.962 bits per heavy atom. The van der Waals surface area contributed by atoms with Crippen LogP contribution in [0.1, 0.15) is 68.1 Å². The number of aromatic nitrogens is 1. The van der Waals surface area contributed by atoms with E-state index >= 15 is 0 Å². The number of aliphatic hydroxyl groups excluding tert-OH is 5. The van der Waals surface area contributed by atoms with Gasteiger partial charge in [-0.2, -0.15) is 0 Å². The molecular formula is C39H50Cl2N2O9. The summed E-state index contributed by atoms with van der Waals surface area (Å²) in [6.07, 6.45) is 3.62. The van der Waals surface area contributed by atoms with Gasteiger partial charge in [-0.25, -0.2) is 0 Å². The molecule has 0 spiro atoms. The van der Waals surface area contributed by atoms with Gasteiger partial charge in [-0.3, -0.25) is 9.78 Å². The van der Waals surface area contributed by atoms with E-state index in [0.29, 0.717) is 42.3 Å². The number of hydrogen-bond donors (Lipinski definition) is 5. The van der Waals surface area contributed by atoms with Crippen molar-refractivity contribution in [1.82, 2.24) is 9.88 Å². The zero-order valence-electron chi connectivity index (χ0n) is 29.5. The van der Waals surface area contributed by atoms with Crippen LogP contribution in [0.3, 0.4) is 0 Å². The third-order valence-corrected chi connectivity index (χ3v) is 10.4. The summed E-state index contributed by atoms with van der Waals surface area (Å²) >= 11 is 13.5. The Bertz CT molecular complexity index is 1620. The molecule has 4 atom stereocenters. The van der Waals surface area contributed by atoms with Crippen LogP contribution < -0.4 is 4.74 Å². The Morgan fingerprint density at radius 2 is 1.67 bits per heavy atom. The second kappa shape index (κ2) is 19.0. The van der Waals surface area contributed by atoms with Crippen molar-refractivity contribution in [3.63, 3.8) is 0 Å². The molecule has 284 valence electrons. The molecule has 2 fully saturated rings.